The summed E-state index contributed by atoms with van der Waals surface area (Å²) in [6.45, 7) is 14.8. The molecule has 0 amide bonds. The number of likely N-dealkylation sites (tertiary alicyclic amines) is 2. The Morgan fingerprint density at radius 1 is 0.778 bits per heavy atom. The summed E-state index contributed by atoms with van der Waals surface area (Å²) in [6, 6.07) is 0. The summed E-state index contributed by atoms with van der Waals surface area (Å²) < 4.78 is 11.6. The molecule has 1 atom stereocenters. The van der Waals surface area contributed by atoms with E-state index in [0.717, 1.165) is 52.4 Å². The molecule has 1 N–H and O–H groups in total. The zero-order valence-corrected chi connectivity index (χ0v) is 17.6. The predicted octanol–water partition coefficient (Wildman–Crippen LogP) is 1.67. The Hall–Kier alpha value is -0.240. The van der Waals surface area contributed by atoms with Gasteiger partial charge in [-0.1, -0.05) is 0 Å². The SMILES string of the molecule is CC(O)CN(CCOCCCN1CCCC1)CCOCCCN1CCCC1. The van der Waals surface area contributed by atoms with E-state index in [9.17, 15) is 5.11 Å². The van der Waals surface area contributed by atoms with Crippen LogP contribution in [0.4, 0.5) is 0 Å². The normalized spacial score (nSPS) is 20.1. The Morgan fingerprint density at radius 2 is 1.22 bits per heavy atom. The van der Waals surface area contributed by atoms with Gasteiger partial charge in [0.1, 0.15) is 0 Å². The van der Waals surface area contributed by atoms with Crippen LogP contribution >= 0.6 is 0 Å². The molecule has 160 valence electrons. The van der Waals surface area contributed by atoms with E-state index < -0.39 is 0 Å². The third-order valence-corrected chi connectivity index (χ3v) is 5.55. The van der Waals surface area contributed by atoms with Crippen LogP contribution in [-0.2, 0) is 9.47 Å². The summed E-state index contributed by atoms with van der Waals surface area (Å²) in [4.78, 5) is 7.32. The fraction of sp³-hybridized carbons (Fsp3) is 1.00. The zero-order valence-electron chi connectivity index (χ0n) is 17.6. The highest BCUT2D eigenvalue weighted by molar-refractivity contribution is 4.66. The molecule has 0 aromatic heterocycles. The van der Waals surface area contributed by atoms with Crippen LogP contribution < -0.4 is 0 Å². The smallest absolute Gasteiger partial charge is 0.0639 e. The summed E-state index contributed by atoms with van der Waals surface area (Å²) >= 11 is 0. The molecule has 2 rings (SSSR count). The van der Waals surface area contributed by atoms with Crippen LogP contribution in [0.3, 0.4) is 0 Å². The maximum Gasteiger partial charge on any atom is 0.0639 e. The van der Waals surface area contributed by atoms with Gasteiger partial charge in [0.15, 0.2) is 0 Å². The van der Waals surface area contributed by atoms with Crippen LogP contribution in [0.15, 0.2) is 0 Å². The quantitative estimate of drug-likeness (QED) is 0.408. The minimum atomic E-state index is -0.310. The van der Waals surface area contributed by atoms with Crippen molar-refractivity contribution >= 4 is 0 Å². The molecule has 1 unspecified atom stereocenters. The number of hydrogen-bond donors (Lipinski definition) is 1. The Bertz CT molecular complexity index is 318. The lowest BCUT2D eigenvalue weighted by atomic mass is 10.3. The lowest BCUT2D eigenvalue weighted by Crippen LogP contribution is -2.36. The van der Waals surface area contributed by atoms with Gasteiger partial charge in [0, 0.05) is 45.9 Å². The molecule has 0 spiro atoms. The largest absolute Gasteiger partial charge is 0.392 e. The number of aliphatic hydroxyl groups is 1. The van der Waals surface area contributed by atoms with Crippen molar-refractivity contribution in [3.63, 3.8) is 0 Å². The fourth-order valence-corrected chi connectivity index (χ4v) is 4.05. The topological polar surface area (TPSA) is 48.4 Å². The van der Waals surface area contributed by atoms with Gasteiger partial charge < -0.3 is 24.4 Å². The summed E-state index contributed by atoms with van der Waals surface area (Å²) in [5, 5.41) is 9.71. The molecule has 6 nitrogen and oxygen atoms in total. The first-order chi connectivity index (χ1) is 13.2. The fourth-order valence-electron chi connectivity index (χ4n) is 4.05. The minimum absolute atomic E-state index is 0.310. The number of nitrogens with zero attached hydrogens (tertiary/aromatic N) is 3. The number of hydrogen-bond acceptors (Lipinski definition) is 6. The number of aliphatic hydroxyl groups excluding tert-OH is 1. The van der Waals surface area contributed by atoms with E-state index in [1.54, 1.807) is 0 Å². The standard InChI is InChI=1S/C21H43N3O3/c1-21(25)20-24(14-18-26-16-6-12-22-8-2-3-9-22)15-19-27-17-7-13-23-10-4-5-11-23/h21,25H,2-20H2,1H3. The monoisotopic (exact) mass is 385 g/mol. The molecule has 2 saturated heterocycles. The molecule has 2 fully saturated rings. The van der Waals surface area contributed by atoms with Crippen molar-refractivity contribution in [3.05, 3.63) is 0 Å². The third-order valence-electron chi connectivity index (χ3n) is 5.55. The minimum Gasteiger partial charge on any atom is -0.392 e. The molecule has 6 heteroatoms. The van der Waals surface area contributed by atoms with Crippen LogP contribution in [0.5, 0.6) is 0 Å². The summed E-state index contributed by atoms with van der Waals surface area (Å²) in [5.41, 5.74) is 0. The van der Waals surface area contributed by atoms with Gasteiger partial charge in [0.25, 0.3) is 0 Å². The lowest BCUT2D eigenvalue weighted by molar-refractivity contribution is 0.0495. The van der Waals surface area contributed by atoms with Crippen LogP contribution in [0, 0.1) is 0 Å². The van der Waals surface area contributed by atoms with E-state index in [-0.39, 0.29) is 6.10 Å². The number of rotatable bonds is 16. The van der Waals surface area contributed by atoms with Crippen LogP contribution in [-0.4, -0.2) is 111 Å². The summed E-state index contributed by atoms with van der Waals surface area (Å²) in [5.74, 6) is 0. The maximum atomic E-state index is 9.71. The predicted molar refractivity (Wildman–Crippen MR) is 110 cm³/mol. The van der Waals surface area contributed by atoms with Crippen LogP contribution in [0.25, 0.3) is 0 Å². The second-order valence-corrected chi connectivity index (χ2v) is 8.18. The van der Waals surface area contributed by atoms with Gasteiger partial charge in [-0.25, -0.2) is 0 Å². The molecule has 2 aliphatic heterocycles. The van der Waals surface area contributed by atoms with E-state index in [4.69, 9.17) is 9.47 Å². The van der Waals surface area contributed by atoms with Gasteiger partial charge >= 0.3 is 0 Å². The molecule has 2 aliphatic rings. The number of ether oxygens (including phenoxy) is 2. The van der Waals surface area contributed by atoms with E-state index >= 15 is 0 Å². The zero-order chi connectivity index (χ0) is 19.2. The molecule has 0 aromatic rings. The van der Waals surface area contributed by atoms with Crippen molar-refractivity contribution in [2.24, 2.45) is 0 Å². The van der Waals surface area contributed by atoms with Crippen LogP contribution in [0.2, 0.25) is 0 Å². The molecular formula is C21H43N3O3. The van der Waals surface area contributed by atoms with E-state index in [1.807, 2.05) is 6.92 Å². The highest BCUT2D eigenvalue weighted by Gasteiger charge is 2.12. The van der Waals surface area contributed by atoms with Crippen molar-refractivity contribution in [3.8, 4) is 0 Å². The second-order valence-electron chi connectivity index (χ2n) is 8.18. The first-order valence-electron chi connectivity index (χ1n) is 11.2. The average molecular weight is 386 g/mol. The molecule has 0 bridgehead atoms. The van der Waals surface area contributed by atoms with Gasteiger partial charge in [-0.3, -0.25) is 4.90 Å². The summed E-state index contributed by atoms with van der Waals surface area (Å²) in [6.07, 6.45) is 7.36. The first-order valence-corrected chi connectivity index (χ1v) is 11.2. The third kappa shape index (κ3) is 11.4. The van der Waals surface area contributed by atoms with Gasteiger partial charge in [-0.15, -0.1) is 0 Å². The maximum absolute atomic E-state index is 9.71. The van der Waals surface area contributed by atoms with Crippen molar-refractivity contribution in [1.82, 2.24) is 14.7 Å². The van der Waals surface area contributed by atoms with Gasteiger partial charge in [0.2, 0.25) is 0 Å². The molecule has 2 heterocycles. The van der Waals surface area contributed by atoms with E-state index in [0.29, 0.717) is 6.54 Å². The van der Waals surface area contributed by atoms with Crippen molar-refractivity contribution in [2.75, 3.05) is 85.3 Å². The highest BCUT2D eigenvalue weighted by atomic mass is 16.5. The van der Waals surface area contributed by atoms with Crippen molar-refractivity contribution in [2.45, 2.75) is 51.6 Å². The average Bonchev–Trinajstić information content (AvgIpc) is 3.34. The van der Waals surface area contributed by atoms with E-state index in [1.165, 1.54) is 65.0 Å². The second kappa shape index (κ2) is 14.7. The molecule has 0 aromatic carbocycles. The Morgan fingerprint density at radius 3 is 1.63 bits per heavy atom. The van der Waals surface area contributed by atoms with Crippen molar-refractivity contribution < 1.29 is 14.6 Å². The summed E-state index contributed by atoms with van der Waals surface area (Å²) in [7, 11) is 0. The van der Waals surface area contributed by atoms with Gasteiger partial charge in [-0.2, -0.15) is 0 Å². The Labute approximate surface area is 166 Å². The van der Waals surface area contributed by atoms with E-state index in [2.05, 4.69) is 14.7 Å². The van der Waals surface area contributed by atoms with Gasteiger partial charge in [0.05, 0.1) is 19.3 Å². The molecule has 0 saturated carbocycles. The Balaban J connectivity index is 1.43. The molecule has 0 aliphatic carbocycles. The Kier molecular flexibility index (Phi) is 12.6. The van der Waals surface area contributed by atoms with Crippen molar-refractivity contribution in [1.29, 1.82) is 0 Å². The first kappa shape index (κ1) is 23.0. The van der Waals surface area contributed by atoms with Crippen LogP contribution in [0.1, 0.15) is 45.4 Å². The lowest BCUT2D eigenvalue weighted by Gasteiger charge is -2.23. The van der Waals surface area contributed by atoms with Gasteiger partial charge in [-0.05, 0) is 71.6 Å². The molecule has 27 heavy (non-hydrogen) atoms. The molecule has 0 radical (unpaired) electrons. The molecular weight excluding hydrogens is 342 g/mol. The highest BCUT2D eigenvalue weighted by Crippen LogP contribution is 2.08.